The van der Waals surface area contributed by atoms with E-state index in [1.165, 1.54) is 18.2 Å². The molecule has 2 aromatic rings. The molecule has 0 radical (unpaired) electrons. The summed E-state index contributed by atoms with van der Waals surface area (Å²) in [6.07, 6.45) is 0.130. The van der Waals surface area contributed by atoms with Gasteiger partial charge in [0.15, 0.2) is 5.78 Å². The summed E-state index contributed by atoms with van der Waals surface area (Å²) < 4.78 is 4.33. The third kappa shape index (κ3) is 6.60. The van der Waals surface area contributed by atoms with E-state index in [2.05, 4.69) is 10.5 Å². The number of benzene rings is 2. The standard InChI is InChI=1S/C13H8ClNO3.C4H9NO2/c14-12-8-10(15(17)18)6-7-11(12)13(16)9-4-2-1-3-5-9;1-2-3-7-4(5)6/h1-8H;2-3H2,1H3,(H2,5,6). The number of hydrogen-bond acceptors (Lipinski definition) is 5. The Morgan fingerprint density at radius 1 is 1.20 bits per heavy atom. The first-order chi connectivity index (χ1) is 11.9. The Bertz CT molecular complexity index is 750. The Morgan fingerprint density at radius 3 is 2.28 bits per heavy atom. The molecule has 2 rings (SSSR count). The summed E-state index contributed by atoms with van der Waals surface area (Å²) in [6, 6.07) is 12.4. The topological polar surface area (TPSA) is 113 Å². The number of amides is 1. The van der Waals surface area contributed by atoms with E-state index in [9.17, 15) is 19.7 Å². The lowest BCUT2D eigenvalue weighted by atomic mass is 10.0. The number of non-ortho nitro benzene ring substituents is 1. The molecule has 0 aliphatic heterocycles. The van der Waals surface area contributed by atoms with Crippen LogP contribution in [-0.2, 0) is 4.74 Å². The maximum atomic E-state index is 12.1. The van der Waals surface area contributed by atoms with Gasteiger partial charge in [-0.1, -0.05) is 48.9 Å². The van der Waals surface area contributed by atoms with Gasteiger partial charge in [0.05, 0.1) is 16.6 Å². The van der Waals surface area contributed by atoms with Crippen molar-refractivity contribution < 1.29 is 19.2 Å². The number of nitro benzene ring substituents is 1. The number of carbonyl (C=O) groups is 2. The van der Waals surface area contributed by atoms with Gasteiger partial charge in [0, 0.05) is 23.3 Å². The highest BCUT2D eigenvalue weighted by molar-refractivity contribution is 6.35. The van der Waals surface area contributed by atoms with E-state index in [1.807, 2.05) is 6.92 Å². The molecule has 0 saturated carbocycles. The molecule has 0 atom stereocenters. The number of nitrogens with two attached hydrogens (primary N) is 1. The monoisotopic (exact) mass is 364 g/mol. The highest BCUT2D eigenvalue weighted by atomic mass is 35.5. The van der Waals surface area contributed by atoms with Crippen LogP contribution in [0.3, 0.4) is 0 Å². The second-order valence-electron chi connectivity index (χ2n) is 4.78. The number of primary amides is 1. The van der Waals surface area contributed by atoms with Crippen molar-refractivity contribution >= 4 is 29.2 Å². The van der Waals surface area contributed by atoms with Crippen LogP contribution in [0.25, 0.3) is 0 Å². The second kappa shape index (κ2) is 10.0. The smallest absolute Gasteiger partial charge is 0.404 e. The number of ether oxygens (including phenoxy) is 1. The van der Waals surface area contributed by atoms with E-state index in [1.54, 1.807) is 30.3 Å². The molecule has 0 aliphatic carbocycles. The number of carbonyl (C=O) groups excluding carboxylic acids is 2. The molecule has 2 aromatic carbocycles. The summed E-state index contributed by atoms with van der Waals surface area (Å²) in [6.45, 7) is 2.33. The third-order valence-corrected chi connectivity index (χ3v) is 3.21. The number of ketones is 1. The van der Waals surface area contributed by atoms with Crippen LogP contribution in [0.2, 0.25) is 5.02 Å². The summed E-state index contributed by atoms with van der Waals surface area (Å²) >= 11 is 5.89. The SMILES string of the molecule is CCCOC(N)=O.O=C(c1ccccc1)c1ccc([N+](=O)[O-])cc1Cl. The summed E-state index contributed by atoms with van der Waals surface area (Å²) in [5.74, 6) is -0.254. The average Bonchev–Trinajstić information content (AvgIpc) is 2.60. The summed E-state index contributed by atoms with van der Waals surface area (Å²) in [5, 5.41) is 10.6. The van der Waals surface area contributed by atoms with Crippen molar-refractivity contribution in [3.05, 3.63) is 74.8 Å². The van der Waals surface area contributed by atoms with Crippen LogP contribution >= 0.6 is 11.6 Å². The molecule has 0 unspecified atom stereocenters. The molecule has 1 amide bonds. The Morgan fingerprint density at radius 2 is 1.84 bits per heavy atom. The molecule has 0 saturated heterocycles. The molecular weight excluding hydrogens is 348 g/mol. The van der Waals surface area contributed by atoms with Gasteiger partial charge < -0.3 is 10.5 Å². The van der Waals surface area contributed by atoms with Crippen LogP contribution in [0.1, 0.15) is 29.3 Å². The molecule has 0 aromatic heterocycles. The lowest BCUT2D eigenvalue weighted by molar-refractivity contribution is -0.384. The van der Waals surface area contributed by atoms with Gasteiger partial charge in [-0.3, -0.25) is 14.9 Å². The molecule has 0 spiro atoms. The second-order valence-corrected chi connectivity index (χ2v) is 5.19. The molecule has 0 fully saturated rings. The first-order valence-corrected chi connectivity index (χ1v) is 7.70. The number of halogens is 1. The van der Waals surface area contributed by atoms with E-state index in [4.69, 9.17) is 11.6 Å². The normalized spacial score (nSPS) is 9.52. The van der Waals surface area contributed by atoms with Crippen LogP contribution in [0.5, 0.6) is 0 Å². The zero-order chi connectivity index (χ0) is 18.8. The Balaban J connectivity index is 0.000000381. The molecule has 0 bridgehead atoms. The lowest BCUT2D eigenvalue weighted by Gasteiger charge is -2.03. The third-order valence-electron chi connectivity index (χ3n) is 2.89. The molecule has 8 heteroatoms. The van der Waals surface area contributed by atoms with Crippen LogP contribution in [0.4, 0.5) is 10.5 Å². The number of rotatable bonds is 5. The molecular formula is C17H17ClN2O5. The highest BCUT2D eigenvalue weighted by Gasteiger charge is 2.15. The molecule has 132 valence electrons. The van der Waals surface area contributed by atoms with Crippen LogP contribution < -0.4 is 5.73 Å². The van der Waals surface area contributed by atoms with Gasteiger partial charge >= 0.3 is 6.09 Å². The largest absolute Gasteiger partial charge is 0.450 e. The van der Waals surface area contributed by atoms with E-state index < -0.39 is 11.0 Å². The molecule has 0 aliphatic rings. The van der Waals surface area contributed by atoms with Crippen molar-refractivity contribution in [3.8, 4) is 0 Å². The van der Waals surface area contributed by atoms with E-state index in [-0.39, 0.29) is 22.1 Å². The predicted octanol–water partition coefficient (Wildman–Crippen LogP) is 3.97. The minimum Gasteiger partial charge on any atom is -0.450 e. The number of hydrogen-bond donors (Lipinski definition) is 1. The van der Waals surface area contributed by atoms with Crippen LogP contribution in [0.15, 0.2) is 48.5 Å². The van der Waals surface area contributed by atoms with Gasteiger partial charge in [0.25, 0.3) is 5.69 Å². The average molecular weight is 365 g/mol. The molecule has 7 nitrogen and oxygen atoms in total. The fraction of sp³-hybridized carbons (Fsp3) is 0.176. The van der Waals surface area contributed by atoms with Crippen LogP contribution in [-0.4, -0.2) is 23.4 Å². The van der Waals surface area contributed by atoms with Crippen molar-refractivity contribution in [2.24, 2.45) is 5.73 Å². The Kier molecular flexibility index (Phi) is 8.08. The predicted molar refractivity (Wildman–Crippen MR) is 93.8 cm³/mol. The van der Waals surface area contributed by atoms with Gasteiger partial charge in [0.1, 0.15) is 0 Å². The molecule has 2 N–H and O–H groups in total. The number of nitro groups is 1. The van der Waals surface area contributed by atoms with E-state index >= 15 is 0 Å². The maximum Gasteiger partial charge on any atom is 0.404 e. The van der Waals surface area contributed by atoms with Crippen molar-refractivity contribution in [3.63, 3.8) is 0 Å². The molecule has 25 heavy (non-hydrogen) atoms. The number of nitrogens with zero attached hydrogens (tertiary/aromatic N) is 1. The lowest BCUT2D eigenvalue weighted by Crippen LogP contribution is -2.12. The minimum absolute atomic E-state index is 0.0815. The summed E-state index contributed by atoms with van der Waals surface area (Å²) in [4.78, 5) is 31.9. The van der Waals surface area contributed by atoms with Gasteiger partial charge in [0.2, 0.25) is 0 Å². The van der Waals surface area contributed by atoms with E-state index in [0.717, 1.165) is 6.42 Å². The van der Waals surface area contributed by atoms with Crippen molar-refractivity contribution in [2.45, 2.75) is 13.3 Å². The van der Waals surface area contributed by atoms with Gasteiger partial charge in [-0.25, -0.2) is 4.79 Å². The fourth-order valence-corrected chi connectivity index (χ4v) is 2.01. The summed E-state index contributed by atoms with van der Waals surface area (Å²) in [5.41, 5.74) is 5.23. The zero-order valence-corrected chi connectivity index (χ0v) is 14.2. The van der Waals surface area contributed by atoms with Crippen molar-refractivity contribution in [1.29, 1.82) is 0 Å². The van der Waals surface area contributed by atoms with Crippen molar-refractivity contribution in [2.75, 3.05) is 6.61 Å². The van der Waals surface area contributed by atoms with Crippen molar-refractivity contribution in [1.82, 2.24) is 0 Å². The minimum atomic E-state index is -0.693. The van der Waals surface area contributed by atoms with Gasteiger partial charge in [-0.15, -0.1) is 0 Å². The zero-order valence-electron chi connectivity index (χ0n) is 13.5. The fourth-order valence-electron chi connectivity index (χ4n) is 1.75. The highest BCUT2D eigenvalue weighted by Crippen LogP contribution is 2.24. The first-order valence-electron chi connectivity index (χ1n) is 7.32. The van der Waals surface area contributed by atoms with Gasteiger partial charge in [-0.2, -0.15) is 0 Å². The van der Waals surface area contributed by atoms with E-state index in [0.29, 0.717) is 12.2 Å². The quantitative estimate of drug-likeness (QED) is 0.490. The Labute approximate surface area is 149 Å². The molecule has 0 heterocycles. The Hall–Kier alpha value is -2.93. The maximum absolute atomic E-state index is 12.1. The van der Waals surface area contributed by atoms with Crippen LogP contribution in [0, 0.1) is 10.1 Å². The first kappa shape index (κ1) is 20.1. The summed E-state index contributed by atoms with van der Waals surface area (Å²) in [7, 11) is 0. The van der Waals surface area contributed by atoms with Gasteiger partial charge in [-0.05, 0) is 12.5 Å².